The number of halogens is 1. The molecule has 0 aliphatic heterocycles. The zero-order valence-electron chi connectivity index (χ0n) is 5.66. The third kappa shape index (κ3) is 2.80. The van der Waals surface area contributed by atoms with Crippen molar-refractivity contribution in [2.24, 2.45) is 5.73 Å². The molecule has 0 aliphatic rings. The van der Waals surface area contributed by atoms with Gasteiger partial charge in [-0.3, -0.25) is 4.98 Å². The van der Waals surface area contributed by atoms with E-state index in [1.54, 1.807) is 6.20 Å². The van der Waals surface area contributed by atoms with Crippen LogP contribution < -0.4 is 5.73 Å². The van der Waals surface area contributed by atoms with Crippen molar-refractivity contribution in [1.29, 1.82) is 0 Å². The molecule has 0 saturated heterocycles. The lowest BCUT2D eigenvalue weighted by atomic mass is 10.2. The Morgan fingerprint density at radius 2 is 2.30 bits per heavy atom. The lowest BCUT2D eigenvalue weighted by molar-refractivity contribution is 0.959. The predicted molar refractivity (Wildman–Crippen MR) is 44.2 cm³/mol. The van der Waals surface area contributed by atoms with Gasteiger partial charge < -0.3 is 5.73 Å². The molecule has 1 aromatic rings. The van der Waals surface area contributed by atoms with Gasteiger partial charge in [-0.05, 0) is 24.6 Å². The highest BCUT2D eigenvalue weighted by molar-refractivity contribution is 5.85. The molecule has 0 spiro atoms. The zero-order chi connectivity index (χ0) is 6.53. The molecule has 0 radical (unpaired) electrons. The SMILES string of the molecule is Cl.NCCc1cccnc1. The van der Waals surface area contributed by atoms with Crippen LogP contribution in [0.5, 0.6) is 0 Å². The van der Waals surface area contributed by atoms with Crippen LogP contribution in [0.2, 0.25) is 0 Å². The number of pyridine rings is 1. The molecule has 1 heterocycles. The molecule has 0 atom stereocenters. The van der Waals surface area contributed by atoms with Gasteiger partial charge in [-0.1, -0.05) is 6.07 Å². The van der Waals surface area contributed by atoms with Gasteiger partial charge in [0, 0.05) is 12.4 Å². The van der Waals surface area contributed by atoms with Crippen LogP contribution in [0, 0.1) is 0 Å². The third-order valence-electron chi connectivity index (χ3n) is 1.16. The first kappa shape index (κ1) is 9.40. The van der Waals surface area contributed by atoms with E-state index in [0.717, 1.165) is 6.42 Å². The molecule has 1 aromatic heterocycles. The molecular formula is C7H11ClN2. The van der Waals surface area contributed by atoms with Gasteiger partial charge in [0.2, 0.25) is 0 Å². The summed E-state index contributed by atoms with van der Waals surface area (Å²) >= 11 is 0. The molecular weight excluding hydrogens is 148 g/mol. The molecule has 0 aromatic carbocycles. The number of hydrogen-bond acceptors (Lipinski definition) is 2. The van der Waals surface area contributed by atoms with Gasteiger partial charge in [-0.15, -0.1) is 12.4 Å². The van der Waals surface area contributed by atoms with Crippen molar-refractivity contribution >= 4 is 12.4 Å². The smallest absolute Gasteiger partial charge is 0.0300 e. The first-order chi connectivity index (χ1) is 4.43. The van der Waals surface area contributed by atoms with Gasteiger partial charge in [-0.25, -0.2) is 0 Å². The van der Waals surface area contributed by atoms with E-state index in [9.17, 15) is 0 Å². The van der Waals surface area contributed by atoms with E-state index in [1.807, 2.05) is 18.3 Å². The predicted octanol–water partition coefficient (Wildman–Crippen LogP) is 1.00. The molecule has 2 N–H and O–H groups in total. The Hall–Kier alpha value is -0.600. The van der Waals surface area contributed by atoms with Gasteiger partial charge in [0.05, 0.1) is 0 Å². The Labute approximate surface area is 66.9 Å². The van der Waals surface area contributed by atoms with Crippen LogP contribution >= 0.6 is 12.4 Å². The first-order valence-corrected chi connectivity index (χ1v) is 3.02. The summed E-state index contributed by atoms with van der Waals surface area (Å²) in [5.41, 5.74) is 6.54. The van der Waals surface area contributed by atoms with Crippen molar-refractivity contribution in [1.82, 2.24) is 4.98 Å². The van der Waals surface area contributed by atoms with Crippen LogP contribution in [0.3, 0.4) is 0 Å². The van der Waals surface area contributed by atoms with Crippen molar-refractivity contribution in [2.45, 2.75) is 6.42 Å². The van der Waals surface area contributed by atoms with Gasteiger partial charge in [0.15, 0.2) is 0 Å². The normalized spacial score (nSPS) is 8.50. The van der Waals surface area contributed by atoms with E-state index in [0.29, 0.717) is 6.54 Å². The standard InChI is InChI=1S/C7H10N2.ClH/c8-4-3-7-2-1-5-9-6-7;/h1-2,5-6H,3-4,8H2;1H. The summed E-state index contributed by atoms with van der Waals surface area (Å²) in [6.07, 6.45) is 4.53. The van der Waals surface area contributed by atoms with Crippen LogP contribution in [0.15, 0.2) is 24.5 Å². The number of nitrogens with two attached hydrogens (primary N) is 1. The van der Waals surface area contributed by atoms with Crippen LogP contribution in [0.25, 0.3) is 0 Å². The van der Waals surface area contributed by atoms with E-state index < -0.39 is 0 Å². The highest BCUT2D eigenvalue weighted by atomic mass is 35.5. The molecule has 0 amide bonds. The molecule has 0 unspecified atom stereocenters. The molecule has 0 saturated carbocycles. The van der Waals surface area contributed by atoms with Gasteiger partial charge >= 0.3 is 0 Å². The quantitative estimate of drug-likeness (QED) is 0.698. The summed E-state index contributed by atoms with van der Waals surface area (Å²) in [7, 11) is 0. The minimum absolute atomic E-state index is 0. The maximum atomic E-state index is 5.33. The van der Waals surface area contributed by atoms with Gasteiger partial charge in [0.25, 0.3) is 0 Å². The molecule has 0 fully saturated rings. The number of nitrogens with zero attached hydrogens (tertiary/aromatic N) is 1. The van der Waals surface area contributed by atoms with Crippen LogP contribution in [0.1, 0.15) is 5.56 Å². The van der Waals surface area contributed by atoms with Crippen molar-refractivity contribution in [3.8, 4) is 0 Å². The Balaban J connectivity index is 0.000000810. The van der Waals surface area contributed by atoms with E-state index >= 15 is 0 Å². The maximum absolute atomic E-state index is 5.33. The fourth-order valence-electron chi connectivity index (χ4n) is 0.713. The fourth-order valence-corrected chi connectivity index (χ4v) is 0.713. The van der Waals surface area contributed by atoms with Crippen molar-refractivity contribution in [3.05, 3.63) is 30.1 Å². The number of hydrogen-bond donors (Lipinski definition) is 1. The lowest BCUT2D eigenvalue weighted by Gasteiger charge is -1.93. The van der Waals surface area contributed by atoms with E-state index in [4.69, 9.17) is 5.73 Å². The van der Waals surface area contributed by atoms with E-state index in [-0.39, 0.29) is 12.4 Å². The molecule has 3 heteroatoms. The second kappa shape index (κ2) is 5.21. The Morgan fingerprint density at radius 3 is 2.80 bits per heavy atom. The third-order valence-corrected chi connectivity index (χ3v) is 1.16. The van der Waals surface area contributed by atoms with E-state index in [2.05, 4.69) is 4.98 Å². The summed E-state index contributed by atoms with van der Waals surface area (Å²) < 4.78 is 0. The molecule has 2 nitrogen and oxygen atoms in total. The Bertz CT molecular complexity index is 165. The van der Waals surface area contributed by atoms with Crippen LogP contribution in [0.4, 0.5) is 0 Å². The molecule has 0 aliphatic carbocycles. The average Bonchev–Trinajstić information content (AvgIpc) is 1.91. The summed E-state index contributed by atoms with van der Waals surface area (Å²) in [4.78, 5) is 3.95. The van der Waals surface area contributed by atoms with Crippen molar-refractivity contribution < 1.29 is 0 Å². The summed E-state index contributed by atoms with van der Waals surface area (Å²) in [5.74, 6) is 0. The minimum atomic E-state index is 0. The van der Waals surface area contributed by atoms with Crippen LogP contribution in [-0.4, -0.2) is 11.5 Å². The second-order valence-corrected chi connectivity index (χ2v) is 1.90. The summed E-state index contributed by atoms with van der Waals surface area (Å²) in [6.45, 7) is 0.700. The molecule has 0 bridgehead atoms. The Kier molecular flexibility index (Phi) is 4.89. The highest BCUT2D eigenvalue weighted by Crippen LogP contribution is 1.93. The summed E-state index contributed by atoms with van der Waals surface area (Å²) in [6, 6.07) is 3.95. The highest BCUT2D eigenvalue weighted by Gasteiger charge is 1.85. The minimum Gasteiger partial charge on any atom is -0.330 e. The second-order valence-electron chi connectivity index (χ2n) is 1.90. The topological polar surface area (TPSA) is 38.9 Å². The maximum Gasteiger partial charge on any atom is 0.0300 e. The monoisotopic (exact) mass is 158 g/mol. The van der Waals surface area contributed by atoms with Gasteiger partial charge in [-0.2, -0.15) is 0 Å². The number of aromatic nitrogens is 1. The summed E-state index contributed by atoms with van der Waals surface area (Å²) in [5, 5.41) is 0. The lowest BCUT2D eigenvalue weighted by Crippen LogP contribution is -2.02. The fraction of sp³-hybridized carbons (Fsp3) is 0.286. The average molecular weight is 159 g/mol. The van der Waals surface area contributed by atoms with Crippen molar-refractivity contribution in [3.63, 3.8) is 0 Å². The molecule has 56 valence electrons. The Morgan fingerprint density at radius 1 is 1.50 bits per heavy atom. The van der Waals surface area contributed by atoms with Crippen LogP contribution in [-0.2, 0) is 6.42 Å². The molecule has 10 heavy (non-hydrogen) atoms. The van der Waals surface area contributed by atoms with Crippen molar-refractivity contribution in [2.75, 3.05) is 6.54 Å². The number of rotatable bonds is 2. The van der Waals surface area contributed by atoms with Gasteiger partial charge in [0.1, 0.15) is 0 Å². The van der Waals surface area contributed by atoms with E-state index in [1.165, 1.54) is 5.56 Å². The molecule has 1 rings (SSSR count). The largest absolute Gasteiger partial charge is 0.330 e. The zero-order valence-corrected chi connectivity index (χ0v) is 6.47. The first-order valence-electron chi connectivity index (χ1n) is 3.02.